The van der Waals surface area contributed by atoms with E-state index in [0.717, 1.165) is 32.1 Å². The van der Waals surface area contributed by atoms with Crippen molar-refractivity contribution in [3.63, 3.8) is 0 Å². The van der Waals surface area contributed by atoms with Crippen molar-refractivity contribution in [2.75, 3.05) is 32.8 Å². The first-order valence-electron chi connectivity index (χ1n) is 7.69. The molecular formula is C16H24ClF3N2O. The molecule has 7 heteroatoms. The van der Waals surface area contributed by atoms with Gasteiger partial charge in [0.25, 0.3) is 0 Å². The van der Waals surface area contributed by atoms with Crippen LogP contribution in [-0.2, 0) is 12.6 Å². The summed E-state index contributed by atoms with van der Waals surface area (Å²) in [6.07, 6.45) is -2.70. The molecule has 0 radical (unpaired) electrons. The van der Waals surface area contributed by atoms with Gasteiger partial charge in [0.15, 0.2) is 0 Å². The molecule has 1 heterocycles. The Labute approximate surface area is 141 Å². The first-order valence-corrected chi connectivity index (χ1v) is 7.69. The molecule has 1 aliphatic rings. The fourth-order valence-corrected chi connectivity index (χ4v) is 2.83. The molecule has 1 fully saturated rings. The molecule has 0 unspecified atom stereocenters. The second-order valence-electron chi connectivity index (χ2n) is 5.69. The van der Waals surface area contributed by atoms with Crippen molar-refractivity contribution < 1.29 is 17.9 Å². The predicted octanol–water partition coefficient (Wildman–Crippen LogP) is 3.35. The molecule has 1 aromatic rings. The van der Waals surface area contributed by atoms with Crippen LogP contribution < -0.4 is 10.5 Å². The molecule has 1 atom stereocenters. The Kier molecular flexibility index (Phi) is 7.64. The highest BCUT2D eigenvalue weighted by Crippen LogP contribution is 2.33. The van der Waals surface area contributed by atoms with Gasteiger partial charge in [-0.3, -0.25) is 0 Å². The molecule has 1 saturated heterocycles. The molecule has 1 aliphatic heterocycles. The van der Waals surface area contributed by atoms with Crippen molar-refractivity contribution in [3.8, 4) is 5.75 Å². The zero-order chi connectivity index (χ0) is 16.2. The standard InChI is InChI=1S/C16H23F3N2O.ClH/c1-2-22-15-4-3-14(16(17,18)19)9-13(15)6-8-21-7-5-12(10-20)11-21;/h3-4,9,12H,2,5-8,10-11,20H2,1H3;1H/t12-;/m0./s1. The minimum atomic E-state index is -4.32. The Morgan fingerprint density at radius 1 is 1.35 bits per heavy atom. The summed E-state index contributed by atoms with van der Waals surface area (Å²) in [5.74, 6) is 1.05. The van der Waals surface area contributed by atoms with Gasteiger partial charge in [0.05, 0.1) is 12.2 Å². The lowest BCUT2D eigenvalue weighted by atomic mass is 10.1. The van der Waals surface area contributed by atoms with Gasteiger partial charge in [0.2, 0.25) is 0 Å². The lowest BCUT2D eigenvalue weighted by Gasteiger charge is -2.18. The molecule has 0 saturated carbocycles. The molecule has 0 aliphatic carbocycles. The van der Waals surface area contributed by atoms with E-state index in [0.29, 0.717) is 36.8 Å². The largest absolute Gasteiger partial charge is 0.494 e. The van der Waals surface area contributed by atoms with Crippen LogP contribution in [0.3, 0.4) is 0 Å². The van der Waals surface area contributed by atoms with Gasteiger partial charge >= 0.3 is 6.18 Å². The van der Waals surface area contributed by atoms with E-state index in [1.165, 1.54) is 12.1 Å². The normalized spacial score (nSPS) is 18.7. The summed E-state index contributed by atoms with van der Waals surface area (Å²) in [5, 5.41) is 0. The molecule has 2 rings (SSSR count). The van der Waals surface area contributed by atoms with Crippen LogP contribution in [0.25, 0.3) is 0 Å². The number of rotatable bonds is 6. The van der Waals surface area contributed by atoms with Crippen LogP contribution in [0.5, 0.6) is 5.75 Å². The Balaban J connectivity index is 0.00000264. The third kappa shape index (κ3) is 5.55. The average molecular weight is 353 g/mol. The number of nitrogens with two attached hydrogens (primary N) is 1. The SMILES string of the molecule is CCOc1ccc(C(F)(F)F)cc1CCN1CC[C@@H](CN)C1.Cl. The van der Waals surface area contributed by atoms with Crippen molar-refractivity contribution in [1.29, 1.82) is 0 Å². The summed E-state index contributed by atoms with van der Waals surface area (Å²) in [4.78, 5) is 2.26. The first-order chi connectivity index (χ1) is 10.4. The van der Waals surface area contributed by atoms with Crippen molar-refractivity contribution in [3.05, 3.63) is 29.3 Å². The molecular weight excluding hydrogens is 329 g/mol. The number of hydrogen-bond acceptors (Lipinski definition) is 3. The van der Waals surface area contributed by atoms with Crippen LogP contribution in [0, 0.1) is 5.92 Å². The van der Waals surface area contributed by atoms with Crippen molar-refractivity contribution >= 4 is 12.4 Å². The van der Waals surface area contributed by atoms with Gasteiger partial charge < -0.3 is 15.4 Å². The van der Waals surface area contributed by atoms with E-state index >= 15 is 0 Å². The highest BCUT2D eigenvalue weighted by atomic mass is 35.5. The molecule has 23 heavy (non-hydrogen) atoms. The van der Waals surface area contributed by atoms with Crippen LogP contribution in [-0.4, -0.2) is 37.7 Å². The Hall–Kier alpha value is -0.980. The van der Waals surface area contributed by atoms with E-state index in [2.05, 4.69) is 4.90 Å². The summed E-state index contributed by atoms with van der Waals surface area (Å²) in [6, 6.07) is 3.71. The number of alkyl halides is 3. The number of nitrogens with zero attached hydrogens (tertiary/aromatic N) is 1. The molecule has 0 amide bonds. The van der Waals surface area contributed by atoms with Crippen molar-refractivity contribution in [2.24, 2.45) is 11.7 Å². The Bertz CT molecular complexity index is 497. The maximum absolute atomic E-state index is 12.9. The van der Waals surface area contributed by atoms with E-state index in [1.54, 1.807) is 0 Å². The van der Waals surface area contributed by atoms with Crippen molar-refractivity contribution in [2.45, 2.75) is 25.9 Å². The molecule has 0 bridgehead atoms. The smallest absolute Gasteiger partial charge is 0.416 e. The second kappa shape index (κ2) is 8.76. The van der Waals surface area contributed by atoms with Gasteiger partial charge in [-0.1, -0.05) is 0 Å². The number of benzene rings is 1. The molecule has 0 spiro atoms. The number of hydrogen-bond donors (Lipinski definition) is 1. The van der Waals surface area contributed by atoms with Gasteiger partial charge in [-0.15, -0.1) is 12.4 Å². The Morgan fingerprint density at radius 2 is 2.09 bits per heavy atom. The van der Waals surface area contributed by atoms with Gasteiger partial charge in [-0.05, 0) is 62.5 Å². The number of likely N-dealkylation sites (tertiary alicyclic amines) is 1. The van der Waals surface area contributed by atoms with Crippen LogP contribution >= 0.6 is 12.4 Å². The summed E-state index contributed by atoms with van der Waals surface area (Å²) in [5.41, 5.74) is 5.66. The topological polar surface area (TPSA) is 38.5 Å². The highest BCUT2D eigenvalue weighted by molar-refractivity contribution is 5.85. The summed E-state index contributed by atoms with van der Waals surface area (Å²) in [7, 11) is 0. The number of ether oxygens (including phenoxy) is 1. The van der Waals surface area contributed by atoms with Crippen LogP contribution in [0.4, 0.5) is 13.2 Å². The Morgan fingerprint density at radius 3 is 2.65 bits per heavy atom. The molecule has 2 N–H and O–H groups in total. The molecule has 3 nitrogen and oxygen atoms in total. The zero-order valence-electron chi connectivity index (χ0n) is 13.2. The fourth-order valence-electron chi connectivity index (χ4n) is 2.83. The molecule has 1 aromatic carbocycles. The lowest BCUT2D eigenvalue weighted by molar-refractivity contribution is -0.137. The maximum atomic E-state index is 12.9. The average Bonchev–Trinajstić information content (AvgIpc) is 2.93. The van der Waals surface area contributed by atoms with Crippen molar-refractivity contribution in [1.82, 2.24) is 4.90 Å². The first kappa shape index (κ1) is 20.1. The molecule has 132 valence electrons. The summed E-state index contributed by atoms with van der Waals surface area (Å²) < 4.78 is 44.0. The van der Waals surface area contributed by atoms with E-state index in [4.69, 9.17) is 10.5 Å². The van der Waals surface area contributed by atoms with E-state index in [9.17, 15) is 13.2 Å². The molecule has 0 aromatic heterocycles. The monoisotopic (exact) mass is 352 g/mol. The summed E-state index contributed by atoms with van der Waals surface area (Å²) >= 11 is 0. The third-order valence-electron chi connectivity index (χ3n) is 4.09. The minimum absolute atomic E-state index is 0. The van der Waals surface area contributed by atoms with E-state index < -0.39 is 11.7 Å². The van der Waals surface area contributed by atoms with E-state index in [-0.39, 0.29) is 12.4 Å². The lowest BCUT2D eigenvalue weighted by Crippen LogP contribution is -2.25. The minimum Gasteiger partial charge on any atom is -0.494 e. The van der Waals surface area contributed by atoms with Crippen LogP contribution in [0.15, 0.2) is 18.2 Å². The van der Waals surface area contributed by atoms with Gasteiger partial charge in [0, 0.05) is 13.1 Å². The quantitative estimate of drug-likeness (QED) is 0.853. The second-order valence-corrected chi connectivity index (χ2v) is 5.69. The maximum Gasteiger partial charge on any atom is 0.416 e. The fraction of sp³-hybridized carbons (Fsp3) is 0.625. The number of halogens is 4. The van der Waals surface area contributed by atoms with Gasteiger partial charge in [0.1, 0.15) is 5.75 Å². The highest BCUT2D eigenvalue weighted by Gasteiger charge is 2.31. The zero-order valence-corrected chi connectivity index (χ0v) is 14.1. The third-order valence-corrected chi connectivity index (χ3v) is 4.09. The van der Waals surface area contributed by atoms with Crippen LogP contribution in [0.2, 0.25) is 0 Å². The predicted molar refractivity (Wildman–Crippen MR) is 87.2 cm³/mol. The summed E-state index contributed by atoms with van der Waals surface area (Å²) in [6.45, 7) is 5.57. The van der Waals surface area contributed by atoms with Crippen LogP contribution in [0.1, 0.15) is 24.5 Å². The van der Waals surface area contributed by atoms with Gasteiger partial charge in [-0.2, -0.15) is 13.2 Å². The van der Waals surface area contributed by atoms with Gasteiger partial charge in [-0.25, -0.2) is 0 Å². The van der Waals surface area contributed by atoms with E-state index in [1.807, 2.05) is 6.92 Å².